The van der Waals surface area contributed by atoms with E-state index in [-0.39, 0.29) is 23.6 Å². The maximum absolute atomic E-state index is 12.7. The third-order valence-corrected chi connectivity index (χ3v) is 4.72. The van der Waals surface area contributed by atoms with E-state index in [1.807, 2.05) is 18.2 Å². The highest BCUT2D eigenvalue weighted by Gasteiger charge is 2.36. The molecule has 7 heteroatoms. The van der Waals surface area contributed by atoms with Crippen molar-refractivity contribution in [2.45, 2.75) is 31.3 Å². The number of rotatable bonds is 5. The van der Waals surface area contributed by atoms with Gasteiger partial charge in [0.15, 0.2) is 5.69 Å². The lowest BCUT2D eigenvalue weighted by molar-refractivity contribution is 0.0561. The fraction of sp³-hybridized carbons (Fsp3) is 0.389. The van der Waals surface area contributed by atoms with Crippen LogP contribution in [0.15, 0.2) is 34.9 Å². The molecule has 2 aromatic rings. The van der Waals surface area contributed by atoms with Crippen LogP contribution in [0.2, 0.25) is 0 Å². The number of benzene rings is 1. The molecule has 25 heavy (non-hydrogen) atoms. The van der Waals surface area contributed by atoms with Crippen molar-refractivity contribution in [1.29, 1.82) is 0 Å². The third-order valence-electron chi connectivity index (χ3n) is 4.72. The molecular formula is C18H18N2O5. The van der Waals surface area contributed by atoms with Gasteiger partial charge in [-0.3, -0.25) is 4.79 Å². The number of carbonyl (C=O) groups excluding carboxylic acids is 1. The van der Waals surface area contributed by atoms with Crippen molar-refractivity contribution in [3.63, 3.8) is 0 Å². The number of ether oxygens (including phenoxy) is 1. The van der Waals surface area contributed by atoms with Gasteiger partial charge in [0.2, 0.25) is 5.89 Å². The molecule has 2 aliphatic rings. The summed E-state index contributed by atoms with van der Waals surface area (Å²) in [5.41, 5.74) is 0.450. The van der Waals surface area contributed by atoms with Crippen molar-refractivity contribution in [3.8, 4) is 5.75 Å². The Morgan fingerprint density at radius 1 is 1.24 bits per heavy atom. The van der Waals surface area contributed by atoms with E-state index < -0.39 is 5.97 Å². The topological polar surface area (TPSA) is 92.9 Å². The molecule has 0 radical (unpaired) electrons. The Morgan fingerprint density at radius 3 is 2.64 bits per heavy atom. The normalized spacial score (nSPS) is 17.7. The van der Waals surface area contributed by atoms with Crippen LogP contribution in [0, 0.1) is 0 Å². The molecule has 1 saturated heterocycles. The molecule has 1 N–H and O–H groups in total. The van der Waals surface area contributed by atoms with Crippen molar-refractivity contribution < 1.29 is 23.8 Å². The molecule has 1 amide bonds. The summed E-state index contributed by atoms with van der Waals surface area (Å²) in [6, 6.07) is 7.29. The Bertz CT molecular complexity index is 805. The largest absolute Gasteiger partial charge is 0.490 e. The first-order chi connectivity index (χ1) is 12.1. The van der Waals surface area contributed by atoms with Crippen LogP contribution in [-0.4, -0.2) is 46.1 Å². The lowest BCUT2D eigenvalue weighted by Crippen LogP contribution is -2.48. The van der Waals surface area contributed by atoms with Crippen molar-refractivity contribution in [1.82, 2.24) is 9.88 Å². The summed E-state index contributed by atoms with van der Waals surface area (Å²) in [5, 5.41) is 8.89. The van der Waals surface area contributed by atoms with Gasteiger partial charge < -0.3 is 19.2 Å². The Hall–Kier alpha value is -2.83. The highest BCUT2D eigenvalue weighted by molar-refractivity contribution is 5.97. The molecule has 130 valence electrons. The van der Waals surface area contributed by atoms with Crippen LogP contribution in [0.4, 0.5) is 0 Å². The highest BCUT2D eigenvalue weighted by atomic mass is 16.5. The van der Waals surface area contributed by atoms with Crippen LogP contribution in [0.3, 0.4) is 0 Å². The number of amides is 1. The zero-order chi connectivity index (χ0) is 17.4. The van der Waals surface area contributed by atoms with E-state index >= 15 is 0 Å². The minimum Gasteiger partial charge on any atom is -0.490 e. The SMILES string of the molecule is O=C(O)c1coc(C2CN(C(=O)c3ccccc3OC3CCC3)C2)n1. The Morgan fingerprint density at radius 2 is 2.00 bits per heavy atom. The van der Waals surface area contributed by atoms with Gasteiger partial charge in [-0.25, -0.2) is 9.78 Å². The van der Waals surface area contributed by atoms with Crippen LogP contribution in [0.5, 0.6) is 5.75 Å². The van der Waals surface area contributed by atoms with Crippen LogP contribution < -0.4 is 4.74 Å². The van der Waals surface area contributed by atoms with Crippen molar-refractivity contribution in [2.24, 2.45) is 0 Å². The van der Waals surface area contributed by atoms with E-state index in [1.165, 1.54) is 6.42 Å². The summed E-state index contributed by atoms with van der Waals surface area (Å²) in [4.78, 5) is 29.2. The van der Waals surface area contributed by atoms with Gasteiger partial charge in [0.05, 0.1) is 17.6 Å². The molecular weight excluding hydrogens is 324 g/mol. The fourth-order valence-electron chi connectivity index (χ4n) is 2.96. The molecule has 2 fully saturated rings. The van der Waals surface area contributed by atoms with Gasteiger partial charge >= 0.3 is 5.97 Å². The van der Waals surface area contributed by atoms with Gasteiger partial charge in [0, 0.05) is 13.1 Å². The molecule has 1 saturated carbocycles. The number of likely N-dealkylation sites (tertiary alicyclic amines) is 1. The molecule has 0 bridgehead atoms. The van der Waals surface area contributed by atoms with E-state index in [0.29, 0.717) is 30.3 Å². The van der Waals surface area contributed by atoms with Crippen LogP contribution in [0.1, 0.15) is 51.9 Å². The summed E-state index contributed by atoms with van der Waals surface area (Å²) >= 11 is 0. The third kappa shape index (κ3) is 2.97. The monoisotopic (exact) mass is 342 g/mol. The average molecular weight is 342 g/mol. The fourth-order valence-corrected chi connectivity index (χ4v) is 2.96. The molecule has 0 atom stereocenters. The number of oxazole rings is 1. The number of carboxylic acid groups (broad SMARTS) is 1. The van der Waals surface area contributed by atoms with E-state index in [2.05, 4.69) is 4.98 Å². The summed E-state index contributed by atoms with van der Waals surface area (Å²) in [7, 11) is 0. The number of hydrogen-bond donors (Lipinski definition) is 1. The molecule has 1 aromatic carbocycles. The molecule has 1 aliphatic carbocycles. The number of hydrogen-bond acceptors (Lipinski definition) is 5. The molecule has 0 unspecified atom stereocenters. The Labute approximate surface area is 144 Å². The van der Waals surface area contributed by atoms with E-state index in [0.717, 1.165) is 19.1 Å². The zero-order valence-electron chi connectivity index (χ0n) is 13.6. The van der Waals surface area contributed by atoms with E-state index in [9.17, 15) is 9.59 Å². The highest BCUT2D eigenvalue weighted by Crippen LogP contribution is 2.32. The quantitative estimate of drug-likeness (QED) is 0.897. The second-order valence-electron chi connectivity index (χ2n) is 6.45. The van der Waals surface area contributed by atoms with E-state index in [1.54, 1.807) is 11.0 Å². The average Bonchev–Trinajstić information content (AvgIpc) is 2.99. The first kappa shape index (κ1) is 15.7. The van der Waals surface area contributed by atoms with Gasteiger partial charge in [-0.2, -0.15) is 0 Å². The minimum atomic E-state index is -1.12. The minimum absolute atomic E-state index is 0.0724. The van der Waals surface area contributed by atoms with Gasteiger partial charge in [0.1, 0.15) is 12.0 Å². The van der Waals surface area contributed by atoms with Crippen molar-refractivity contribution >= 4 is 11.9 Å². The lowest BCUT2D eigenvalue weighted by atomic mass is 9.96. The molecule has 1 aromatic heterocycles. The predicted molar refractivity (Wildman–Crippen MR) is 86.8 cm³/mol. The van der Waals surface area contributed by atoms with Crippen LogP contribution in [0.25, 0.3) is 0 Å². The number of carboxylic acids is 1. The molecule has 1 aliphatic heterocycles. The lowest BCUT2D eigenvalue weighted by Gasteiger charge is -2.38. The Balaban J connectivity index is 1.42. The molecule has 7 nitrogen and oxygen atoms in total. The Kier molecular flexibility index (Phi) is 3.91. The van der Waals surface area contributed by atoms with Gasteiger partial charge in [-0.05, 0) is 31.4 Å². The standard InChI is InChI=1S/C18H18N2O5/c21-17(13-6-1-2-7-15(13)25-12-4-3-5-12)20-8-11(9-20)16-19-14(10-24-16)18(22)23/h1-2,6-7,10-12H,3-5,8-9H2,(H,22,23). The number of aromatic carboxylic acids is 1. The number of para-hydroxylation sites is 1. The number of nitrogens with zero attached hydrogens (tertiary/aromatic N) is 2. The van der Waals surface area contributed by atoms with Gasteiger partial charge in [-0.15, -0.1) is 0 Å². The van der Waals surface area contributed by atoms with Crippen LogP contribution >= 0.6 is 0 Å². The summed E-state index contributed by atoms with van der Waals surface area (Å²) in [6.45, 7) is 0.909. The summed E-state index contributed by atoms with van der Waals surface area (Å²) in [6.07, 6.45) is 4.57. The number of aromatic nitrogens is 1. The smallest absolute Gasteiger partial charge is 0.357 e. The van der Waals surface area contributed by atoms with Gasteiger partial charge in [-0.1, -0.05) is 12.1 Å². The van der Waals surface area contributed by atoms with E-state index in [4.69, 9.17) is 14.3 Å². The number of carbonyl (C=O) groups is 2. The van der Waals surface area contributed by atoms with Crippen molar-refractivity contribution in [3.05, 3.63) is 47.7 Å². The second kappa shape index (κ2) is 6.23. The summed E-state index contributed by atoms with van der Waals surface area (Å²) < 4.78 is 11.1. The second-order valence-corrected chi connectivity index (χ2v) is 6.45. The first-order valence-electron chi connectivity index (χ1n) is 8.35. The predicted octanol–water partition coefficient (Wildman–Crippen LogP) is 2.54. The molecule has 0 spiro atoms. The first-order valence-corrected chi connectivity index (χ1v) is 8.35. The maximum Gasteiger partial charge on any atom is 0.357 e. The maximum atomic E-state index is 12.7. The van der Waals surface area contributed by atoms with Gasteiger partial charge in [0.25, 0.3) is 5.91 Å². The van der Waals surface area contributed by atoms with Crippen LogP contribution in [-0.2, 0) is 0 Å². The molecule has 2 heterocycles. The molecule has 4 rings (SSSR count). The van der Waals surface area contributed by atoms with Crippen molar-refractivity contribution in [2.75, 3.05) is 13.1 Å². The zero-order valence-corrected chi connectivity index (χ0v) is 13.6. The summed E-state index contributed by atoms with van der Waals surface area (Å²) in [5.74, 6) is -0.289.